The van der Waals surface area contributed by atoms with E-state index in [9.17, 15) is 5.11 Å². The Labute approximate surface area is 87.1 Å². The second-order valence-electron chi connectivity index (χ2n) is 5.14. The van der Waals surface area contributed by atoms with Crippen molar-refractivity contribution in [1.29, 1.82) is 0 Å². The number of hydrogen-bond donors (Lipinski definition) is 2. The Kier molecular flexibility index (Phi) is 3.13. The van der Waals surface area contributed by atoms with Crippen molar-refractivity contribution < 1.29 is 5.11 Å². The largest absolute Gasteiger partial charge is 0.394 e. The van der Waals surface area contributed by atoms with Gasteiger partial charge >= 0.3 is 0 Å². The summed E-state index contributed by atoms with van der Waals surface area (Å²) in [6.07, 6.45) is 9.13. The van der Waals surface area contributed by atoms with E-state index in [1.54, 1.807) is 0 Å². The van der Waals surface area contributed by atoms with Crippen LogP contribution in [0, 0.1) is 5.92 Å². The predicted octanol–water partition coefficient (Wildman–Crippen LogP) is 2.07. The van der Waals surface area contributed by atoms with Gasteiger partial charge in [0.1, 0.15) is 0 Å². The van der Waals surface area contributed by atoms with E-state index in [0.29, 0.717) is 12.6 Å². The van der Waals surface area contributed by atoms with Gasteiger partial charge in [0.05, 0.1) is 6.61 Å². The Morgan fingerprint density at radius 1 is 1.29 bits per heavy atom. The fourth-order valence-electron chi connectivity index (χ4n) is 2.78. The van der Waals surface area contributed by atoms with E-state index in [1.165, 1.54) is 44.9 Å². The third-order valence-corrected chi connectivity index (χ3v) is 4.08. The van der Waals surface area contributed by atoms with Crippen molar-refractivity contribution in [2.24, 2.45) is 5.92 Å². The highest BCUT2D eigenvalue weighted by Crippen LogP contribution is 2.38. The lowest BCUT2D eigenvalue weighted by molar-refractivity contribution is 0.176. The van der Waals surface area contributed by atoms with Crippen molar-refractivity contribution in [3.8, 4) is 0 Å². The molecule has 0 aromatic heterocycles. The maximum atomic E-state index is 9.28. The molecule has 0 spiro atoms. The maximum absolute atomic E-state index is 9.28. The molecule has 82 valence electrons. The molecule has 2 rings (SSSR count). The summed E-state index contributed by atoms with van der Waals surface area (Å²) in [5, 5.41) is 13.0. The van der Waals surface area contributed by atoms with Crippen molar-refractivity contribution in [1.82, 2.24) is 5.32 Å². The summed E-state index contributed by atoms with van der Waals surface area (Å²) in [7, 11) is 0. The lowest BCUT2D eigenvalue weighted by atomic mass is 9.82. The Balaban J connectivity index is 1.88. The molecule has 2 heteroatoms. The maximum Gasteiger partial charge on any atom is 0.0613 e. The molecule has 0 bridgehead atoms. The van der Waals surface area contributed by atoms with Gasteiger partial charge < -0.3 is 10.4 Å². The summed E-state index contributed by atoms with van der Waals surface area (Å²) < 4.78 is 0. The summed E-state index contributed by atoms with van der Waals surface area (Å²) in [6.45, 7) is 2.63. The Bertz CT molecular complexity index is 189. The van der Waals surface area contributed by atoms with Crippen LogP contribution in [-0.2, 0) is 0 Å². The molecule has 0 heterocycles. The third kappa shape index (κ3) is 2.12. The lowest BCUT2D eigenvalue weighted by Crippen LogP contribution is -2.47. The minimum absolute atomic E-state index is 0.134. The minimum atomic E-state index is 0.134. The molecule has 0 radical (unpaired) electrons. The van der Waals surface area contributed by atoms with E-state index in [-0.39, 0.29) is 5.54 Å². The van der Waals surface area contributed by atoms with Crippen LogP contribution in [-0.4, -0.2) is 23.3 Å². The third-order valence-electron chi connectivity index (χ3n) is 4.08. The second-order valence-corrected chi connectivity index (χ2v) is 5.14. The molecule has 0 aliphatic heterocycles. The van der Waals surface area contributed by atoms with E-state index in [1.807, 2.05) is 0 Å². The average molecular weight is 197 g/mol. The summed E-state index contributed by atoms with van der Waals surface area (Å²) in [5.74, 6) is 0.854. The molecule has 2 saturated carbocycles. The van der Waals surface area contributed by atoms with Gasteiger partial charge in [-0.15, -0.1) is 0 Å². The monoisotopic (exact) mass is 197 g/mol. The van der Waals surface area contributed by atoms with Crippen LogP contribution >= 0.6 is 0 Å². The van der Waals surface area contributed by atoms with Crippen molar-refractivity contribution in [2.75, 3.05) is 6.61 Å². The van der Waals surface area contributed by atoms with Crippen LogP contribution in [0.15, 0.2) is 0 Å². The zero-order chi connectivity index (χ0) is 10.0. The first-order valence-electron chi connectivity index (χ1n) is 6.18. The highest BCUT2D eigenvalue weighted by atomic mass is 16.3. The molecule has 14 heavy (non-hydrogen) atoms. The number of rotatable bonds is 4. The number of hydrogen-bond acceptors (Lipinski definition) is 2. The van der Waals surface area contributed by atoms with Crippen molar-refractivity contribution in [2.45, 2.75) is 63.5 Å². The van der Waals surface area contributed by atoms with E-state index in [2.05, 4.69) is 12.2 Å². The van der Waals surface area contributed by atoms with Crippen LogP contribution in [0.1, 0.15) is 51.9 Å². The molecule has 2 aliphatic carbocycles. The smallest absolute Gasteiger partial charge is 0.0613 e. The zero-order valence-electron chi connectivity index (χ0n) is 9.26. The lowest BCUT2D eigenvalue weighted by Gasteiger charge is -2.34. The SMILES string of the molecule is CCC1CCCCC1NC1(CO)CC1. The zero-order valence-corrected chi connectivity index (χ0v) is 9.26. The van der Waals surface area contributed by atoms with Crippen LogP contribution in [0.4, 0.5) is 0 Å². The summed E-state index contributed by atoms with van der Waals surface area (Å²) in [5.41, 5.74) is 0.134. The first-order valence-corrected chi connectivity index (χ1v) is 6.18. The first kappa shape index (κ1) is 10.4. The van der Waals surface area contributed by atoms with Gasteiger partial charge in [0, 0.05) is 11.6 Å². The fourth-order valence-corrected chi connectivity index (χ4v) is 2.78. The highest BCUT2D eigenvalue weighted by Gasteiger charge is 2.44. The molecule has 2 unspecified atom stereocenters. The first-order chi connectivity index (χ1) is 6.79. The number of nitrogens with one attached hydrogen (secondary N) is 1. The molecule has 0 amide bonds. The van der Waals surface area contributed by atoms with Gasteiger partial charge in [-0.3, -0.25) is 0 Å². The molecule has 2 aliphatic rings. The topological polar surface area (TPSA) is 32.3 Å². The molecule has 2 atom stereocenters. The summed E-state index contributed by atoms with van der Waals surface area (Å²) in [6, 6.07) is 0.684. The number of aliphatic hydroxyl groups is 1. The standard InChI is InChI=1S/C12H23NO/c1-2-10-5-3-4-6-11(10)13-12(9-14)7-8-12/h10-11,13-14H,2-9H2,1H3. The van der Waals surface area contributed by atoms with E-state index < -0.39 is 0 Å². The van der Waals surface area contributed by atoms with Gasteiger partial charge in [0.15, 0.2) is 0 Å². The van der Waals surface area contributed by atoms with Crippen molar-refractivity contribution in [3.05, 3.63) is 0 Å². The van der Waals surface area contributed by atoms with Crippen LogP contribution in [0.3, 0.4) is 0 Å². The Morgan fingerprint density at radius 3 is 2.57 bits per heavy atom. The molecule has 0 aromatic carbocycles. The average Bonchev–Trinajstić information content (AvgIpc) is 2.99. The minimum Gasteiger partial charge on any atom is -0.394 e. The quantitative estimate of drug-likeness (QED) is 0.723. The Morgan fingerprint density at radius 2 is 2.00 bits per heavy atom. The summed E-state index contributed by atoms with van der Waals surface area (Å²) >= 11 is 0. The summed E-state index contributed by atoms with van der Waals surface area (Å²) in [4.78, 5) is 0. The van der Waals surface area contributed by atoms with Gasteiger partial charge in [-0.1, -0.05) is 26.2 Å². The number of aliphatic hydroxyl groups excluding tert-OH is 1. The Hall–Kier alpha value is -0.0800. The van der Waals surface area contributed by atoms with E-state index in [0.717, 1.165) is 5.92 Å². The van der Waals surface area contributed by atoms with Crippen molar-refractivity contribution >= 4 is 0 Å². The predicted molar refractivity (Wildman–Crippen MR) is 58.2 cm³/mol. The highest BCUT2D eigenvalue weighted by molar-refractivity contribution is 5.04. The molecular weight excluding hydrogens is 174 g/mol. The van der Waals surface area contributed by atoms with Crippen molar-refractivity contribution in [3.63, 3.8) is 0 Å². The molecule has 2 fully saturated rings. The van der Waals surface area contributed by atoms with E-state index in [4.69, 9.17) is 0 Å². The molecule has 0 aromatic rings. The van der Waals surface area contributed by atoms with Crippen LogP contribution in [0.5, 0.6) is 0 Å². The molecule has 2 N–H and O–H groups in total. The molecular formula is C12H23NO. The molecule has 0 saturated heterocycles. The van der Waals surface area contributed by atoms with Gasteiger partial charge in [0.25, 0.3) is 0 Å². The van der Waals surface area contributed by atoms with Crippen LogP contribution < -0.4 is 5.32 Å². The molecule has 2 nitrogen and oxygen atoms in total. The van der Waals surface area contributed by atoms with E-state index >= 15 is 0 Å². The van der Waals surface area contributed by atoms with Gasteiger partial charge in [0.2, 0.25) is 0 Å². The second kappa shape index (κ2) is 4.19. The van der Waals surface area contributed by atoms with Crippen LogP contribution in [0.25, 0.3) is 0 Å². The van der Waals surface area contributed by atoms with Gasteiger partial charge in [-0.25, -0.2) is 0 Å². The van der Waals surface area contributed by atoms with Gasteiger partial charge in [-0.2, -0.15) is 0 Å². The fraction of sp³-hybridized carbons (Fsp3) is 1.00. The normalized spacial score (nSPS) is 35.6. The van der Waals surface area contributed by atoms with Crippen LogP contribution in [0.2, 0.25) is 0 Å². The van der Waals surface area contributed by atoms with Gasteiger partial charge in [-0.05, 0) is 31.6 Å².